The van der Waals surface area contributed by atoms with Gasteiger partial charge in [0, 0.05) is 36.3 Å². The van der Waals surface area contributed by atoms with Crippen molar-refractivity contribution in [2.24, 2.45) is 0 Å². The lowest BCUT2D eigenvalue weighted by molar-refractivity contribution is -0.121. The Morgan fingerprint density at radius 2 is 1.85 bits per heavy atom. The molecule has 2 heterocycles. The first-order valence-electron chi connectivity index (χ1n) is 9.13. The number of carbonyl (C=O) groups excluding carboxylic acids is 1. The Morgan fingerprint density at radius 3 is 2.50 bits per heavy atom. The smallest absolute Gasteiger partial charge is 0.222 e. The van der Waals surface area contributed by atoms with Gasteiger partial charge in [0.25, 0.3) is 0 Å². The summed E-state index contributed by atoms with van der Waals surface area (Å²) in [6, 6.07) is 4.34. The Hall–Kier alpha value is -2.56. The molecule has 0 saturated heterocycles. The van der Waals surface area contributed by atoms with Crippen molar-refractivity contribution in [1.82, 2.24) is 20.1 Å². The van der Waals surface area contributed by atoms with Gasteiger partial charge >= 0.3 is 0 Å². The van der Waals surface area contributed by atoms with E-state index in [2.05, 4.69) is 55.2 Å². The minimum Gasteiger partial charge on any atom is -0.358 e. The fourth-order valence-electron chi connectivity index (χ4n) is 3.42. The van der Waals surface area contributed by atoms with Crippen LogP contribution in [0.25, 0.3) is 10.9 Å². The minimum absolute atomic E-state index is 0.0462. The van der Waals surface area contributed by atoms with Gasteiger partial charge in [-0.2, -0.15) is 5.10 Å². The van der Waals surface area contributed by atoms with Crippen molar-refractivity contribution >= 4 is 16.8 Å². The monoisotopic (exact) mass is 352 g/mol. The molecule has 1 amide bonds. The first kappa shape index (κ1) is 18.2. The zero-order valence-electron chi connectivity index (χ0n) is 16.6. The van der Waals surface area contributed by atoms with E-state index in [0.29, 0.717) is 19.5 Å². The van der Waals surface area contributed by atoms with Crippen LogP contribution in [-0.2, 0) is 17.9 Å². The molecule has 2 aromatic heterocycles. The third-order valence-corrected chi connectivity index (χ3v) is 5.41. The summed E-state index contributed by atoms with van der Waals surface area (Å²) in [4.78, 5) is 15.8. The molecule has 26 heavy (non-hydrogen) atoms. The van der Waals surface area contributed by atoms with Crippen LogP contribution in [-0.4, -0.2) is 20.7 Å². The van der Waals surface area contributed by atoms with Crippen LogP contribution in [0.4, 0.5) is 0 Å². The molecule has 0 spiro atoms. The standard InChI is InChI=1S/C21H28N4O/c1-12-9-18(21-19(10-12)14(3)15(4)23-21)11-22-20(26)7-8-25-17(6)13(2)16(5)24-25/h9-10,23H,7-8,11H2,1-6H3,(H,22,26). The van der Waals surface area contributed by atoms with Crippen LogP contribution >= 0.6 is 0 Å². The molecule has 0 bridgehead atoms. The SMILES string of the molecule is Cc1cc(CNC(=O)CCn2nc(C)c(C)c2C)c2[nH]c(C)c(C)c2c1. The average Bonchev–Trinajstić information content (AvgIpc) is 3.02. The quantitative estimate of drug-likeness (QED) is 0.731. The predicted molar refractivity (Wildman–Crippen MR) is 105 cm³/mol. The summed E-state index contributed by atoms with van der Waals surface area (Å²) in [6.45, 7) is 13.6. The summed E-state index contributed by atoms with van der Waals surface area (Å²) in [5.74, 6) is 0.0462. The Kier molecular flexibility index (Phi) is 4.90. The molecule has 5 nitrogen and oxygen atoms in total. The van der Waals surface area contributed by atoms with Gasteiger partial charge < -0.3 is 10.3 Å². The average molecular weight is 352 g/mol. The van der Waals surface area contributed by atoms with E-state index >= 15 is 0 Å². The number of H-pyrrole nitrogens is 1. The second kappa shape index (κ2) is 6.98. The summed E-state index contributed by atoms with van der Waals surface area (Å²) in [6.07, 6.45) is 0.430. The number of aromatic nitrogens is 3. The van der Waals surface area contributed by atoms with Crippen molar-refractivity contribution in [2.45, 2.75) is 61.1 Å². The normalized spacial score (nSPS) is 11.3. The van der Waals surface area contributed by atoms with Crippen molar-refractivity contribution < 1.29 is 4.79 Å². The molecule has 1 aromatic carbocycles. The lowest BCUT2D eigenvalue weighted by Crippen LogP contribution is -2.24. The van der Waals surface area contributed by atoms with Gasteiger partial charge in [0.1, 0.15) is 0 Å². The number of rotatable bonds is 5. The van der Waals surface area contributed by atoms with Crippen LogP contribution in [0.2, 0.25) is 0 Å². The van der Waals surface area contributed by atoms with Gasteiger partial charge in [0.05, 0.1) is 11.2 Å². The number of nitrogens with one attached hydrogen (secondary N) is 2. The highest BCUT2D eigenvalue weighted by Crippen LogP contribution is 2.26. The zero-order valence-corrected chi connectivity index (χ0v) is 16.6. The minimum atomic E-state index is 0.0462. The number of nitrogens with zero attached hydrogens (tertiary/aromatic N) is 2. The molecule has 0 unspecified atom stereocenters. The first-order valence-corrected chi connectivity index (χ1v) is 9.13. The fraction of sp³-hybridized carbons (Fsp3) is 0.429. The molecule has 138 valence electrons. The van der Waals surface area contributed by atoms with Crippen molar-refractivity contribution in [2.75, 3.05) is 0 Å². The molecular weight excluding hydrogens is 324 g/mol. The van der Waals surface area contributed by atoms with E-state index in [9.17, 15) is 4.79 Å². The molecule has 5 heteroatoms. The topological polar surface area (TPSA) is 62.7 Å². The molecule has 0 aliphatic rings. The lowest BCUT2D eigenvalue weighted by atomic mass is 10.0. The molecular formula is C21H28N4O. The molecule has 2 N–H and O–H groups in total. The summed E-state index contributed by atoms with van der Waals surface area (Å²) < 4.78 is 1.92. The van der Waals surface area contributed by atoms with Crippen molar-refractivity contribution in [3.05, 3.63) is 51.5 Å². The van der Waals surface area contributed by atoms with Crippen LogP contribution in [0, 0.1) is 41.5 Å². The Bertz CT molecular complexity index is 978. The molecule has 0 fully saturated rings. The number of amides is 1. The second-order valence-corrected chi connectivity index (χ2v) is 7.27. The van der Waals surface area contributed by atoms with Crippen molar-refractivity contribution in [1.29, 1.82) is 0 Å². The van der Waals surface area contributed by atoms with E-state index in [0.717, 1.165) is 22.5 Å². The maximum Gasteiger partial charge on any atom is 0.222 e. The van der Waals surface area contributed by atoms with Gasteiger partial charge in [-0.25, -0.2) is 0 Å². The van der Waals surface area contributed by atoms with Crippen LogP contribution in [0.3, 0.4) is 0 Å². The van der Waals surface area contributed by atoms with Gasteiger partial charge in [-0.1, -0.05) is 11.6 Å². The van der Waals surface area contributed by atoms with E-state index < -0.39 is 0 Å². The number of benzene rings is 1. The van der Waals surface area contributed by atoms with Gasteiger partial charge in [-0.3, -0.25) is 9.48 Å². The zero-order chi connectivity index (χ0) is 19.0. The van der Waals surface area contributed by atoms with E-state index in [1.165, 1.54) is 27.8 Å². The largest absolute Gasteiger partial charge is 0.358 e. The number of hydrogen-bond donors (Lipinski definition) is 2. The highest BCUT2D eigenvalue weighted by Gasteiger charge is 2.12. The highest BCUT2D eigenvalue weighted by molar-refractivity contribution is 5.88. The van der Waals surface area contributed by atoms with E-state index in [4.69, 9.17) is 0 Å². The van der Waals surface area contributed by atoms with Crippen LogP contribution in [0.5, 0.6) is 0 Å². The van der Waals surface area contributed by atoms with Crippen LogP contribution in [0.1, 0.15) is 45.8 Å². The lowest BCUT2D eigenvalue weighted by Gasteiger charge is -2.09. The fourth-order valence-corrected chi connectivity index (χ4v) is 3.42. The van der Waals surface area contributed by atoms with Gasteiger partial charge in [0.2, 0.25) is 5.91 Å². The van der Waals surface area contributed by atoms with Gasteiger partial charge in [-0.05, 0) is 64.3 Å². The van der Waals surface area contributed by atoms with E-state index in [1.807, 2.05) is 18.5 Å². The molecule has 3 aromatic rings. The molecule has 3 rings (SSSR count). The van der Waals surface area contributed by atoms with Gasteiger partial charge in [-0.15, -0.1) is 0 Å². The number of aryl methyl sites for hydroxylation is 5. The summed E-state index contributed by atoms with van der Waals surface area (Å²) in [7, 11) is 0. The van der Waals surface area contributed by atoms with E-state index in [1.54, 1.807) is 0 Å². The van der Waals surface area contributed by atoms with E-state index in [-0.39, 0.29) is 5.91 Å². The number of aromatic amines is 1. The van der Waals surface area contributed by atoms with Crippen LogP contribution < -0.4 is 5.32 Å². The third kappa shape index (κ3) is 3.39. The number of fused-ring (bicyclic) bond motifs is 1. The molecule has 0 saturated carbocycles. The maximum absolute atomic E-state index is 12.3. The summed E-state index contributed by atoms with van der Waals surface area (Å²) >= 11 is 0. The van der Waals surface area contributed by atoms with Crippen molar-refractivity contribution in [3.63, 3.8) is 0 Å². The second-order valence-electron chi connectivity index (χ2n) is 7.27. The molecule has 0 atom stereocenters. The Morgan fingerprint density at radius 1 is 1.12 bits per heavy atom. The molecule has 0 aliphatic carbocycles. The Balaban J connectivity index is 1.67. The van der Waals surface area contributed by atoms with Crippen LogP contribution in [0.15, 0.2) is 12.1 Å². The summed E-state index contributed by atoms with van der Waals surface area (Å²) in [5, 5.41) is 8.80. The maximum atomic E-state index is 12.3. The first-order chi connectivity index (χ1) is 12.3. The molecule has 0 radical (unpaired) electrons. The highest BCUT2D eigenvalue weighted by atomic mass is 16.1. The third-order valence-electron chi connectivity index (χ3n) is 5.41. The predicted octanol–water partition coefficient (Wildman–Crippen LogP) is 3.92. The summed E-state index contributed by atoms with van der Waals surface area (Å²) in [5.41, 5.74) is 9.28. The molecule has 0 aliphatic heterocycles. The Labute approximate surface area is 154 Å². The van der Waals surface area contributed by atoms with Crippen molar-refractivity contribution in [3.8, 4) is 0 Å². The number of carbonyl (C=O) groups is 1. The number of hydrogen-bond acceptors (Lipinski definition) is 2. The van der Waals surface area contributed by atoms with Gasteiger partial charge in [0.15, 0.2) is 0 Å².